The van der Waals surface area contributed by atoms with E-state index in [0.29, 0.717) is 10.0 Å². The summed E-state index contributed by atoms with van der Waals surface area (Å²) < 4.78 is 53.1. The number of aromatic nitrogens is 1. The molecular weight excluding hydrogens is 328 g/mol. The number of halogens is 5. The predicted molar refractivity (Wildman–Crippen MR) is 65.5 cm³/mol. The van der Waals surface area contributed by atoms with Gasteiger partial charge in [-0.1, -0.05) is 34.1 Å². The molecule has 100 valence electrons. The van der Waals surface area contributed by atoms with E-state index < -0.39 is 29.2 Å². The third kappa shape index (κ3) is 2.86. The fourth-order valence-electron chi connectivity index (χ4n) is 1.47. The zero-order valence-electron chi connectivity index (χ0n) is 9.35. The molecule has 0 atom stereocenters. The Morgan fingerprint density at radius 2 is 1.58 bits per heavy atom. The molecule has 1 N–H and O–H groups in total. The van der Waals surface area contributed by atoms with Crippen LogP contribution in [0.5, 0.6) is 0 Å². The SMILES string of the molecule is Fc1nc(F)c(F)c(NCc2ccccc2Br)c1F. The van der Waals surface area contributed by atoms with Crippen LogP contribution in [0.1, 0.15) is 5.56 Å². The maximum Gasteiger partial charge on any atom is 0.253 e. The highest BCUT2D eigenvalue weighted by molar-refractivity contribution is 9.10. The lowest BCUT2D eigenvalue weighted by atomic mass is 10.2. The summed E-state index contributed by atoms with van der Waals surface area (Å²) in [5, 5.41) is 2.32. The van der Waals surface area contributed by atoms with E-state index in [4.69, 9.17) is 0 Å². The lowest BCUT2D eigenvalue weighted by Gasteiger charge is -2.10. The van der Waals surface area contributed by atoms with Gasteiger partial charge in [0, 0.05) is 11.0 Å². The van der Waals surface area contributed by atoms with Crippen molar-refractivity contribution in [2.24, 2.45) is 0 Å². The van der Waals surface area contributed by atoms with Crippen LogP contribution in [-0.2, 0) is 6.54 Å². The van der Waals surface area contributed by atoms with Crippen LogP contribution in [-0.4, -0.2) is 4.98 Å². The maximum atomic E-state index is 13.3. The van der Waals surface area contributed by atoms with E-state index in [0.717, 1.165) is 0 Å². The van der Waals surface area contributed by atoms with Crippen LogP contribution in [0.3, 0.4) is 0 Å². The summed E-state index contributed by atoms with van der Waals surface area (Å²) in [5.41, 5.74) is -0.195. The zero-order valence-corrected chi connectivity index (χ0v) is 10.9. The number of nitrogens with zero attached hydrogens (tertiary/aromatic N) is 1. The number of rotatable bonds is 3. The summed E-state index contributed by atoms with van der Waals surface area (Å²) in [7, 11) is 0. The van der Waals surface area contributed by atoms with Gasteiger partial charge in [-0.2, -0.15) is 22.5 Å². The average molecular weight is 335 g/mol. The Morgan fingerprint density at radius 3 is 2.16 bits per heavy atom. The molecule has 2 aromatic rings. The number of hydrogen-bond acceptors (Lipinski definition) is 2. The molecule has 0 saturated heterocycles. The minimum atomic E-state index is -1.69. The molecule has 1 aromatic heterocycles. The van der Waals surface area contributed by atoms with Crippen molar-refractivity contribution in [3.05, 3.63) is 57.8 Å². The molecule has 0 fully saturated rings. The number of benzene rings is 1. The Bertz CT molecular complexity index is 593. The lowest BCUT2D eigenvalue weighted by molar-refractivity contribution is 0.410. The van der Waals surface area contributed by atoms with E-state index in [1.54, 1.807) is 24.3 Å². The van der Waals surface area contributed by atoms with Crippen molar-refractivity contribution in [3.8, 4) is 0 Å². The molecule has 0 unspecified atom stereocenters. The summed E-state index contributed by atoms with van der Waals surface area (Å²) in [4.78, 5) is 2.47. The van der Waals surface area contributed by atoms with Crippen molar-refractivity contribution >= 4 is 21.6 Å². The molecule has 0 spiro atoms. The summed E-state index contributed by atoms with van der Waals surface area (Å²) in [5.74, 6) is -6.47. The maximum absolute atomic E-state index is 13.3. The van der Waals surface area contributed by atoms with Crippen LogP contribution < -0.4 is 5.32 Å². The van der Waals surface area contributed by atoms with E-state index in [9.17, 15) is 17.6 Å². The minimum Gasteiger partial charge on any atom is -0.376 e. The van der Waals surface area contributed by atoms with E-state index in [2.05, 4.69) is 26.2 Å². The van der Waals surface area contributed by atoms with Gasteiger partial charge in [-0.25, -0.2) is 0 Å². The Morgan fingerprint density at radius 1 is 1.00 bits per heavy atom. The fourth-order valence-corrected chi connectivity index (χ4v) is 1.89. The molecule has 0 aliphatic heterocycles. The quantitative estimate of drug-likeness (QED) is 0.677. The van der Waals surface area contributed by atoms with Crippen LogP contribution in [0, 0.1) is 23.5 Å². The third-order valence-corrected chi connectivity index (χ3v) is 3.18. The fraction of sp³-hybridized carbons (Fsp3) is 0.0833. The van der Waals surface area contributed by atoms with Gasteiger partial charge in [0.15, 0.2) is 0 Å². The monoisotopic (exact) mass is 334 g/mol. The second kappa shape index (κ2) is 5.56. The van der Waals surface area contributed by atoms with Crippen molar-refractivity contribution < 1.29 is 17.6 Å². The molecule has 0 aliphatic carbocycles. The number of nitrogens with one attached hydrogen (secondary N) is 1. The van der Waals surface area contributed by atoms with Gasteiger partial charge in [0.05, 0.1) is 0 Å². The number of anilines is 1. The van der Waals surface area contributed by atoms with E-state index in [1.807, 2.05) is 0 Å². The third-order valence-electron chi connectivity index (χ3n) is 2.41. The first-order valence-corrected chi connectivity index (χ1v) is 5.97. The normalized spacial score (nSPS) is 10.6. The van der Waals surface area contributed by atoms with Crippen LogP contribution in [0.2, 0.25) is 0 Å². The highest BCUT2D eigenvalue weighted by Gasteiger charge is 2.20. The molecule has 1 aromatic carbocycles. The van der Waals surface area contributed by atoms with Gasteiger partial charge in [-0.15, -0.1) is 0 Å². The first-order chi connectivity index (χ1) is 9.00. The number of hydrogen-bond donors (Lipinski definition) is 1. The molecule has 7 heteroatoms. The highest BCUT2D eigenvalue weighted by atomic mass is 79.9. The molecule has 0 aliphatic rings. The lowest BCUT2D eigenvalue weighted by Crippen LogP contribution is -2.09. The van der Waals surface area contributed by atoms with Crippen molar-refractivity contribution in [2.45, 2.75) is 6.54 Å². The van der Waals surface area contributed by atoms with Crippen molar-refractivity contribution in [1.29, 1.82) is 0 Å². The second-order valence-electron chi connectivity index (χ2n) is 3.64. The zero-order chi connectivity index (χ0) is 14.0. The Hall–Kier alpha value is -1.63. The van der Waals surface area contributed by atoms with Crippen molar-refractivity contribution in [1.82, 2.24) is 4.98 Å². The van der Waals surface area contributed by atoms with E-state index in [1.165, 1.54) is 0 Å². The van der Waals surface area contributed by atoms with Crippen molar-refractivity contribution in [3.63, 3.8) is 0 Å². The molecular formula is C12H7BrF4N2. The molecule has 0 bridgehead atoms. The molecule has 19 heavy (non-hydrogen) atoms. The van der Waals surface area contributed by atoms with Gasteiger partial charge in [0.2, 0.25) is 11.6 Å². The summed E-state index contributed by atoms with van der Waals surface area (Å²) in [6, 6.07) is 6.92. The molecule has 0 radical (unpaired) electrons. The van der Waals surface area contributed by atoms with Gasteiger partial charge in [0.1, 0.15) is 5.69 Å². The van der Waals surface area contributed by atoms with Gasteiger partial charge in [0.25, 0.3) is 11.9 Å². The smallest absolute Gasteiger partial charge is 0.253 e. The van der Waals surface area contributed by atoms with E-state index >= 15 is 0 Å². The molecule has 0 amide bonds. The molecule has 1 heterocycles. The van der Waals surface area contributed by atoms with Crippen LogP contribution in [0.15, 0.2) is 28.7 Å². The molecule has 0 saturated carbocycles. The first-order valence-electron chi connectivity index (χ1n) is 5.18. The van der Waals surface area contributed by atoms with E-state index in [-0.39, 0.29) is 6.54 Å². The first kappa shape index (κ1) is 13.8. The summed E-state index contributed by atoms with van der Waals surface area (Å²) in [6.07, 6.45) is 0. The van der Waals surface area contributed by atoms with Gasteiger partial charge >= 0.3 is 0 Å². The minimum absolute atomic E-state index is 0.00183. The largest absolute Gasteiger partial charge is 0.376 e. The predicted octanol–water partition coefficient (Wildman–Crippen LogP) is 4.01. The summed E-state index contributed by atoms with van der Waals surface area (Å²) in [6.45, 7) is -0.00183. The van der Waals surface area contributed by atoms with Gasteiger partial charge in [-0.3, -0.25) is 0 Å². The average Bonchev–Trinajstić information content (AvgIpc) is 2.38. The van der Waals surface area contributed by atoms with Gasteiger partial charge in [-0.05, 0) is 11.6 Å². The highest BCUT2D eigenvalue weighted by Crippen LogP contribution is 2.24. The standard InChI is InChI=1S/C12H7BrF4N2/c13-7-4-2-1-3-6(7)5-18-10-8(14)11(16)19-12(17)9(10)15/h1-4H,5H2,(H,18,19). The van der Waals surface area contributed by atoms with Crippen LogP contribution in [0.4, 0.5) is 23.2 Å². The van der Waals surface area contributed by atoms with Crippen LogP contribution in [0.25, 0.3) is 0 Å². The Labute approximate surface area is 114 Å². The van der Waals surface area contributed by atoms with Gasteiger partial charge < -0.3 is 5.32 Å². The van der Waals surface area contributed by atoms with Crippen molar-refractivity contribution in [2.75, 3.05) is 5.32 Å². The topological polar surface area (TPSA) is 24.9 Å². The molecule has 2 nitrogen and oxygen atoms in total. The Kier molecular flexibility index (Phi) is 4.04. The molecule has 2 rings (SSSR count). The second-order valence-corrected chi connectivity index (χ2v) is 4.50. The number of pyridine rings is 1. The Balaban J connectivity index is 2.28. The summed E-state index contributed by atoms with van der Waals surface area (Å²) >= 11 is 3.25. The van der Waals surface area contributed by atoms with Crippen LogP contribution >= 0.6 is 15.9 Å².